The van der Waals surface area contributed by atoms with Gasteiger partial charge in [-0.2, -0.15) is 0 Å². The number of benzene rings is 1. The molecule has 3 N–H and O–H groups in total. The van der Waals surface area contributed by atoms with E-state index in [9.17, 15) is 9.18 Å². The Kier molecular flexibility index (Phi) is 5.58. The third-order valence-electron chi connectivity index (χ3n) is 2.47. The standard InChI is InChI=1S/C12H16BrFN2O/c1-8(7-15)2-5-12(17)16-9-3-4-10(13)11(14)6-9/h3-4,6,8H,2,5,7,15H2,1H3,(H,16,17). The Morgan fingerprint density at radius 3 is 2.88 bits per heavy atom. The number of rotatable bonds is 5. The molecule has 1 aromatic rings. The third-order valence-corrected chi connectivity index (χ3v) is 3.11. The number of nitrogens with two attached hydrogens (primary N) is 1. The number of hydrogen-bond acceptors (Lipinski definition) is 2. The molecule has 1 unspecified atom stereocenters. The summed E-state index contributed by atoms with van der Waals surface area (Å²) in [5.74, 6) is -0.187. The number of halogens is 2. The van der Waals surface area contributed by atoms with Gasteiger partial charge in [0.2, 0.25) is 5.91 Å². The van der Waals surface area contributed by atoms with Crippen molar-refractivity contribution in [1.29, 1.82) is 0 Å². The fourth-order valence-electron chi connectivity index (χ4n) is 1.29. The molecular formula is C12H16BrFN2O. The quantitative estimate of drug-likeness (QED) is 0.879. The highest BCUT2D eigenvalue weighted by Gasteiger charge is 2.07. The van der Waals surface area contributed by atoms with E-state index in [-0.39, 0.29) is 5.91 Å². The summed E-state index contributed by atoms with van der Waals surface area (Å²) >= 11 is 3.05. The van der Waals surface area contributed by atoms with Gasteiger partial charge in [0, 0.05) is 12.1 Å². The Morgan fingerprint density at radius 2 is 2.29 bits per heavy atom. The normalized spacial score (nSPS) is 12.2. The lowest BCUT2D eigenvalue weighted by Crippen LogP contribution is -2.16. The van der Waals surface area contributed by atoms with E-state index < -0.39 is 5.82 Å². The van der Waals surface area contributed by atoms with Gasteiger partial charge in [-0.05, 0) is 53.0 Å². The zero-order chi connectivity index (χ0) is 12.8. The van der Waals surface area contributed by atoms with Crippen molar-refractivity contribution in [3.05, 3.63) is 28.5 Å². The molecule has 0 heterocycles. The Hall–Kier alpha value is -0.940. The number of carbonyl (C=O) groups excluding carboxylic acids is 1. The molecule has 0 saturated carbocycles. The molecule has 1 aromatic carbocycles. The molecule has 0 aliphatic heterocycles. The summed E-state index contributed by atoms with van der Waals surface area (Å²) in [6.07, 6.45) is 1.14. The van der Waals surface area contributed by atoms with Crippen LogP contribution in [0.3, 0.4) is 0 Å². The molecule has 94 valence electrons. The molecule has 5 heteroatoms. The van der Waals surface area contributed by atoms with Gasteiger partial charge in [0.05, 0.1) is 4.47 Å². The van der Waals surface area contributed by atoms with E-state index in [4.69, 9.17) is 5.73 Å². The van der Waals surface area contributed by atoms with Gasteiger partial charge >= 0.3 is 0 Å². The molecule has 1 rings (SSSR count). The van der Waals surface area contributed by atoms with Gasteiger partial charge in [-0.25, -0.2) is 4.39 Å². The van der Waals surface area contributed by atoms with Crippen molar-refractivity contribution in [3.63, 3.8) is 0 Å². The average molecular weight is 303 g/mol. The Morgan fingerprint density at radius 1 is 1.59 bits per heavy atom. The molecule has 0 fully saturated rings. The number of carbonyl (C=O) groups is 1. The maximum Gasteiger partial charge on any atom is 0.224 e. The summed E-state index contributed by atoms with van der Waals surface area (Å²) in [7, 11) is 0. The van der Waals surface area contributed by atoms with Crippen LogP contribution in [0.1, 0.15) is 19.8 Å². The van der Waals surface area contributed by atoms with Gasteiger partial charge in [-0.15, -0.1) is 0 Å². The van der Waals surface area contributed by atoms with Crippen LogP contribution in [0.25, 0.3) is 0 Å². The summed E-state index contributed by atoms with van der Waals surface area (Å²) in [5, 5.41) is 2.65. The fourth-order valence-corrected chi connectivity index (χ4v) is 1.54. The molecule has 0 radical (unpaired) electrons. The minimum Gasteiger partial charge on any atom is -0.330 e. The van der Waals surface area contributed by atoms with Crippen molar-refractivity contribution < 1.29 is 9.18 Å². The molecule has 17 heavy (non-hydrogen) atoms. The van der Waals surface area contributed by atoms with Gasteiger partial charge in [0.15, 0.2) is 0 Å². The molecule has 0 aromatic heterocycles. The Labute approximate surface area is 109 Å². The van der Waals surface area contributed by atoms with Crippen molar-refractivity contribution in [2.24, 2.45) is 11.7 Å². The van der Waals surface area contributed by atoms with Gasteiger partial charge in [0.1, 0.15) is 5.82 Å². The summed E-state index contributed by atoms with van der Waals surface area (Å²) in [4.78, 5) is 11.5. The first kappa shape index (κ1) is 14.1. The van der Waals surface area contributed by atoms with Crippen LogP contribution in [0, 0.1) is 11.7 Å². The second-order valence-corrected chi connectivity index (χ2v) is 4.91. The first-order valence-corrected chi connectivity index (χ1v) is 6.27. The van der Waals surface area contributed by atoms with Gasteiger partial charge in [-0.1, -0.05) is 6.92 Å². The van der Waals surface area contributed by atoms with E-state index in [0.717, 1.165) is 6.42 Å². The van der Waals surface area contributed by atoms with Crippen LogP contribution < -0.4 is 11.1 Å². The zero-order valence-corrected chi connectivity index (χ0v) is 11.3. The van der Waals surface area contributed by atoms with Crippen LogP contribution >= 0.6 is 15.9 Å². The molecule has 0 aliphatic rings. The van der Waals surface area contributed by atoms with Crippen LogP contribution in [0.4, 0.5) is 10.1 Å². The highest BCUT2D eigenvalue weighted by molar-refractivity contribution is 9.10. The lowest BCUT2D eigenvalue weighted by molar-refractivity contribution is -0.116. The Bertz CT molecular complexity index is 398. The van der Waals surface area contributed by atoms with Crippen LogP contribution in [-0.4, -0.2) is 12.5 Å². The van der Waals surface area contributed by atoms with E-state index in [2.05, 4.69) is 21.2 Å². The molecular weight excluding hydrogens is 287 g/mol. The molecule has 3 nitrogen and oxygen atoms in total. The summed E-state index contributed by atoms with van der Waals surface area (Å²) < 4.78 is 13.6. The van der Waals surface area contributed by atoms with E-state index in [0.29, 0.717) is 29.0 Å². The number of amides is 1. The lowest BCUT2D eigenvalue weighted by Gasteiger charge is -2.09. The maximum absolute atomic E-state index is 13.2. The van der Waals surface area contributed by atoms with Gasteiger partial charge in [0.25, 0.3) is 0 Å². The van der Waals surface area contributed by atoms with Gasteiger partial charge < -0.3 is 11.1 Å². The third kappa shape index (κ3) is 4.83. The van der Waals surface area contributed by atoms with E-state index in [1.165, 1.54) is 6.07 Å². The minimum absolute atomic E-state index is 0.118. The monoisotopic (exact) mass is 302 g/mol. The molecule has 0 aliphatic carbocycles. The van der Waals surface area contributed by atoms with Crippen molar-refractivity contribution in [1.82, 2.24) is 0 Å². The smallest absolute Gasteiger partial charge is 0.224 e. The highest BCUT2D eigenvalue weighted by atomic mass is 79.9. The predicted molar refractivity (Wildman–Crippen MR) is 70.2 cm³/mol. The van der Waals surface area contributed by atoms with E-state index >= 15 is 0 Å². The van der Waals surface area contributed by atoms with Crippen LogP contribution in [0.2, 0.25) is 0 Å². The number of anilines is 1. The average Bonchev–Trinajstić information content (AvgIpc) is 2.31. The molecule has 0 saturated heterocycles. The van der Waals surface area contributed by atoms with Gasteiger partial charge in [-0.3, -0.25) is 4.79 Å². The first-order valence-electron chi connectivity index (χ1n) is 5.48. The van der Waals surface area contributed by atoms with Crippen molar-refractivity contribution in [3.8, 4) is 0 Å². The van der Waals surface area contributed by atoms with Crippen LogP contribution in [0.5, 0.6) is 0 Å². The second kappa shape index (κ2) is 6.71. The summed E-state index contributed by atoms with van der Waals surface area (Å²) in [5.41, 5.74) is 5.93. The topological polar surface area (TPSA) is 55.1 Å². The highest BCUT2D eigenvalue weighted by Crippen LogP contribution is 2.19. The predicted octanol–water partition coefficient (Wildman–Crippen LogP) is 2.90. The maximum atomic E-state index is 13.2. The van der Waals surface area contributed by atoms with Crippen LogP contribution in [0.15, 0.2) is 22.7 Å². The number of nitrogens with one attached hydrogen (secondary N) is 1. The van der Waals surface area contributed by atoms with Crippen molar-refractivity contribution in [2.75, 3.05) is 11.9 Å². The minimum atomic E-state index is -0.391. The fraction of sp³-hybridized carbons (Fsp3) is 0.417. The van der Waals surface area contributed by atoms with E-state index in [1.54, 1.807) is 12.1 Å². The summed E-state index contributed by atoms with van der Waals surface area (Å²) in [6, 6.07) is 4.50. The molecule has 0 bridgehead atoms. The summed E-state index contributed by atoms with van der Waals surface area (Å²) in [6.45, 7) is 2.56. The van der Waals surface area contributed by atoms with E-state index in [1.807, 2.05) is 6.92 Å². The second-order valence-electron chi connectivity index (χ2n) is 4.06. The Balaban J connectivity index is 2.48. The molecule has 0 spiro atoms. The van der Waals surface area contributed by atoms with Crippen LogP contribution in [-0.2, 0) is 4.79 Å². The van der Waals surface area contributed by atoms with Crippen molar-refractivity contribution in [2.45, 2.75) is 19.8 Å². The first-order chi connectivity index (χ1) is 8.02. The number of hydrogen-bond donors (Lipinski definition) is 2. The SMILES string of the molecule is CC(CN)CCC(=O)Nc1ccc(Br)c(F)c1. The largest absolute Gasteiger partial charge is 0.330 e. The molecule has 1 atom stereocenters. The zero-order valence-electron chi connectivity index (χ0n) is 9.67. The lowest BCUT2D eigenvalue weighted by atomic mass is 10.1. The van der Waals surface area contributed by atoms with Crippen molar-refractivity contribution >= 4 is 27.5 Å². The molecule has 1 amide bonds.